The van der Waals surface area contributed by atoms with Gasteiger partial charge in [0.15, 0.2) is 0 Å². The summed E-state index contributed by atoms with van der Waals surface area (Å²) in [4.78, 5) is 0. The van der Waals surface area contributed by atoms with Crippen molar-refractivity contribution < 1.29 is 4.39 Å². The molecule has 0 fully saturated rings. The third-order valence-corrected chi connectivity index (χ3v) is 2.19. The average Bonchev–Trinajstić information content (AvgIpc) is 2.04. The molecule has 0 saturated carbocycles. The summed E-state index contributed by atoms with van der Waals surface area (Å²) in [7, 11) is 0. The van der Waals surface area contributed by atoms with E-state index in [1.165, 1.54) is 0 Å². The molecule has 0 heterocycles. The minimum absolute atomic E-state index is 0.509. The number of nitrogens with two attached hydrogens (primary N) is 1. The van der Waals surface area contributed by atoms with Crippen molar-refractivity contribution in [2.45, 2.75) is 6.04 Å². The molecule has 0 aromatic heterocycles. The molecule has 11 heavy (non-hydrogen) atoms. The Labute approximate surface area is 73.5 Å². The molecule has 0 unspecified atom stereocenters. The predicted molar refractivity (Wildman–Crippen MR) is 47.0 cm³/mol. The fourth-order valence-electron chi connectivity index (χ4n) is 0.859. The molecule has 0 aliphatic carbocycles. The van der Waals surface area contributed by atoms with Gasteiger partial charge in [0.2, 0.25) is 0 Å². The molecule has 0 spiro atoms. The van der Waals surface area contributed by atoms with E-state index in [1.807, 2.05) is 24.3 Å². The fraction of sp³-hybridized carbons (Fsp3) is 0.250. The van der Waals surface area contributed by atoms with E-state index in [1.54, 1.807) is 0 Å². The maximum absolute atomic E-state index is 12.1. The molecule has 2 N–H and O–H groups in total. The molecular formula is C8H9BrFN. The Morgan fingerprint density at radius 3 is 2.64 bits per heavy atom. The van der Waals surface area contributed by atoms with Crippen LogP contribution in [-0.2, 0) is 0 Å². The largest absolute Gasteiger partial charge is 0.322 e. The summed E-state index contributed by atoms with van der Waals surface area (Å²) in [5, 5.41) is 0. The first-order chi connectivity index (χ1) is 5.25. The summed E-state index contributed by atoms with van der Waals surface area (Å²) >= 11 is 3.29. The highest BCUT2D eigenvalue weighted by Gasteiger charge is 2.07. The van der Waals surface area contributed by atoms with Crippen molar-refractivity contribution in [1.82, 2.24) is 0 Å². The Morgan fingerprint density at radius 1 is 1.45 bits per heavy atom. The van der Waals surface area contributed by atoms with E-state index in [0.717, 1.165) is 10.0 Å². The van der Waals surface area contributed by atoms with Crippen LogP contribution in [0.25, 0.3) is 0 Å². The molecule has 1 nitrogen and oxygen atoms in total. The zero-order valence-electron chi connectivity index (χ0n) is 5.93. The highest BCUT2D eigenvalue weighted by atomic mass is 79.9. The lowest BCUT2D eigenvalue weighted by atomic mass is 10.1. The monoisotopic (exact) mass is 217 g/mol. The van der Waals surface area contributed by atoms with Crippen molar-refractivity contribution in [2.24, 2.45) is 5.73 Å². The van der Waals surface area contributed by atoms with Crippen LogP contribution in [0.4, 0.5) is 4.39 Å². The first kappa shape index (κ1) is 8.68. The van der Waals surface area contributed by atoms with Crippen LogP contribution in [0.3, 0.4) is 0 Å². The van der Waals surface area contributed by atoms with Crippen LogP contribution in [0, 0.1) is 0 Å². The standard InChI is InChI=1S/C8H9BrFN/c9-7-4-2-1-3-6(7)8(11)5-10/h1-4,8H,5,11H2/t8-/m0/s1. The average molecular weight is 218 g/mol. The maximum atomic E-state index is 12.1. The van der Waals surface area contributed by atoms with Gasteiger partial charge in [-0.2, -0.15) is 0 Å². The second-order valence-electron chi connectivity index (χ2n) is 2.28. The van der Waals surface area contributed by atoms with E-state index < -0.39 is 12.7 Å². The van der Waals surface area contributed by atoms with Crippen LogP contribution in [0.1, 0.15) is 11.6 Å². The smallest absolute Gasteiger partial charge is 0.109 e. The lowest BCUT2D eigenvalue weighted by molar-refractivity contribution is 0.436. The molecule has 1 aromatic rings. The van der Waals surface area contributed by atoms with Gasteiger partial charge in [0.05, 0.1) is 6.04 Å². The minimum Gasteiger partial charge on any atom is -0.322 e. The molecule has 0 aliphatic heterocycles. The molecule has 1 rings (SSSR count). The van der Waals surface area contributed by atoms with E-state index in [4.69, 9.17) is 5.73 Å². The fourth-order valence-corrected chi connectivity index (χ4v) is 1.44. The first-order valence-electron chi connectivity index (χ1n) is 3.31. The SMILES string of the molecule is N[C@@H](CF)c1ccccc1Br. The van der Waals surface area contributed by atoms with Gasteiger partial charge in [0, 0.05) is 4.47 Å². The van der Waals surface area contributed by atoms with Crippen LogP contribution in [0.5, 0.6) is 0 Å². The number of alkyl halides is 1. The molecule has 0 saturated heterocycles. The van der Waals surface area contributed by atoms with Gasteiger partial charge in [-0.3, -0.25) is 0 Å². The zero-order valence-corrected chi connectivity index (χ0v) is 7.51. The number of rotatable bonds is 2. The maximum Gasteiger partial charge on any atom is 0.109 e. The zero-order chi connectivity index (χ0) is 8.27. The van der Waals surface area contributed by atoms with Gasteiger partial charge < -0.3 is 5.73 Å². The van der Waals surface area contributed by atoms with E-state index in [-0.39, 0.29) is 0 Å². The summed E-state index contributed by atoms with van der Waals surface area (Å²) < 4.78 is 13.0. The van der Waals surface area contributed by atoms with Gasteiger partial charge in [-0.15, -0.1) is 0 Å². The Balaban J connectivity index is 2.93. The second kappa shape index (κ2) is 3.83. The summed E-state index contributed by atoms with van der Waals surface area (Å²) in [6.45, 7) is -0.525. The number of hydrogen-bond donors (Lipinski definition) is 1. The third kappa shape index (κ3) is 2.01. The Kier molecular flexibility index (Phi) is 3.02. The van der Waals surface area contributed by atoms with Gasteiger partial charge in [0.1, 0.15) is 6.67 Å². The van der Waals surface area contributed by atoms with E-state index in [0.29, 0.717) is 0 Å². The molecule has 0 aliphatic rings. The van der Waals surface area contributed by atoms with Gasteiger partial charge in [0.25, 0.3) is 0 Å². The van der Waals surface area contributed by atoms with Crippen molar-refractivity contribution >= 4 is 15.9 Å². The van der Waals surface area contributed by atoms with Crippen molar-refractivity contribution in [3.8, 4) is 0 Å². The van der Waals surface area contributed by atoms with Gasteiger partial charge in [-0.1, -0.05) is 34.1 Å². The highest BCUT2D eigenvalue weighted by Crippen LogP contribution is 2.21. The molecule has 3 heteroatoms. The molecular weight excluding hydrogens is 209 g/mol. The van der Waals surface area contributed by atoms with Gasteiger partial charge in [-0.05, 0) is 11.6 Å². The van der Waals surface area contributed by atoms with Crippen LogP contribution in [-0.4, -0.2) is 6.67 Å². The number of benzene rings is 1. The Morgan fingerprint density at radius 2 is 2.09 bits per heavy atom. The van der Waals surface area contributed by atoms with Crippen LogP contribution >= 0.6 is 15.9 Å². The summed E-state index contributed by atoms with van der Waals surface area (Å²) in [6.07, 6.45) is 0. The quantitative estimate of drug-likeness (QED) is 0.810. The molecule has 1 atom stereocenters. The summed E-state index contributed by atoms with van der Waals surface area (Å²) in [5.41, 5.74) is 6.30. The first-order valence-corrected chi connectivity index (χ1v) is 4.11. The third-order valence-electron chi connectivity index (χ3n) is 1.47. The lowest BCUT2D eigenvalue weighted by Crippen LogP contribution is -2.12. The van der Waals surface area contributed by atoms with Crippen molar-refractivity contribution in [3.05, 3.63) is 34.3 Å². The summed E-state index contributed by atoms with van der Waals surface area (Å²) in [6, 6.07) is 6.87. The summed E-state index contributed by atoms with van der Waals surface area (Å²) in [5.74, 6) is 0. The van der Waals surface area contributed by atoms with E-state index >= 15 is 0 Å². The van der Waals surface area contributed by atoms with E-state index in [9.17, 15) is 4.39 Å². The van der Waals surface area contributed by atoms with Crippen LogP contribution in [0.15, 0.2) is 28.7 Å². The van der Waals surface area contributed by atoms with Crippen molar-refractivity contribution in [3.63, 3.8) is 0 Å². The molecule has 0 amide bonds. The van der Waals surface area contributed by atoms with Crippen LogP contribution < -0.4 is 5.73 Å². The van der Waals surface area contributed by atoms with Gasteiger partial charge in [-0.25, -0.2) is 4.39 Å². The van der Waals surface area contributed by atoms with Crippen molar-refractivity contribution in [1.29, 1.82) is 0 Å². The second-order valence-corrected chi connectivity index (χ2v) is 3.14. The molecule has 0 bridgehead atoms. The minimum atomic E-state index is -0.525. The van der Waals surface area contributed by atoms with E-state index in [2.05, 4.69) is 15.9 Å². The number of hydrogen-bond acceptors (Lipinski definition) is 1. The number of halogens is 2. The van der Waals surface area contributed by atoms with Crippen molar-refractivity contribution in [2.75, 3.05) is 6.67 Å². The topological polar surface area (TPSA) is 26.0 Å². The molecule has 1 aromatic carbocycles. The predicted octanol–water partition coefficient (Wildman–Crippen LogP) is 2.42. The molecule has 60 valence electrons. The lowest BCUT2D eigenvalue weighted by Gasteiger charge is -2.08. The van der Waals surface area contributed by atoms with Gasteiger partial charge >= 0.3 is 0 Å². The normalized spacial score (nSPS) is 13.0. The molecule has 0 radical (unpaired) electrons. The highest BCUT2D eigenvalue weighted by molar-refractivity contribution is 9.10. The Hall–Kier alpha value is -0.410. The van der Waals surface area contributed by atoms with Crippen LogP contribution in [0.2, 0.25) is 0 Å². The Bertz CT molecular complexity index is 239.